The van der Waals surface area contributed by atoms with Crippen LogP contribution >= 0.6 is 11.8 Å². The zero-order valence-electron chi connectivity index (χ0n) is 16.2. The number of aliphatic imine (C=N–C) groups is 1. The molecule has 0 radical (unpaired) electrons. The van der Waals surface area contributed by atoms with E-state index in [0.717, 1.165) is 28.3 Å². The van der Waals surface area contributed by atoms with Gasteiger partial charge in [-0.1, -0.05) is 19.1 Å². The Morgan fingerprint density at radius 1 is 1.27 bits per heavy atom. The number of Topliss-reactive ketones (excluding diaryl/α,β-unsaturated/α-hetero) is 1. The maximum absolute atomic E-state index is 13.0. The molecule has 0 aliphatic heterocycles. The number of hydrogen-bond acceptors (Lipinski definition) is 5. The maximum atomic E-state index is 13.0. The Morgan fingerprint density at radius 2 is 2.03 bits per heavy atom. The first-order valence-corrected chi connectivity index (χ1v) is 10.4. The van der Waals surface area contributed by atoms with E-state index in [9.17, 15) is 18.0 Å². The highest BCUT2D eigenvalue weighted by Crippen LogP contribution is 2.37. The minimum atomic E-state index is -4.47. The van der Waals surface area contributed by atoms with E-state index in [4.69, 9.17) is 11.0 Å². The summed E-state index contributed by atoms with van der Waals surface area (Å²) in [6.07, 6.45) is -3.85. The van der Waals surface area contributed by atoms with Crippen molar-refractivity contribution in [1.82, 2.24) is 0 Å². The molecule has 8 heteroatoms. The van der Waals surface area contributed by atoms with Gasteiger partial charge < -0.3 is 5.73 Å². The lowest BCUT2D eigenvalue weighted by Crippen LogP contribution is -2.30. The van der Waals surface area contributed by atoms with Crippen LogP contribution in [0.4, 0.5) is 18.9 Å². The van der Waals surface area contributed by atoms with Crippen LogP contribution in [0.1, 0.15) is 42.5 Å². The third-order valence-electron chi connectivity index (χ3n) is 4.94. The molecule has 0 heterocycles. The zero-order valence-corrected chi connectivity index (χ0v) is 17.1. The number of thioether (sulfide) groups is 1. The molecule has 30 heavy (non-hydrogen) atoms. The van der Waals surface area contributed by atoms with Gasteiger partial charge in [-0.2, -0.15) is 18.4 Å². The number of carbonyl (C=O) groups is 1. The van der Waals surface area contributed by atoms with Gasteiger partial charge >= 0.3 is 6.18 Å². The van der Waals surface area contributed by atoms with Gasteiger partial charge in [-0.3, -0.25) is 9.79 Å². The number of hydrogen-bond donors (Lipinski definition) is 1. The van der Waals surface area contributed by atoms with Gasteiger partial charge in [-0.25, -0.2) is 0 Å². The summed E-state index contributed by atoms with van der Waals surface area (Å²) < 4.78 is 39.0. The molecule has 1 aliphatic carbocycles. The standard InChI is InChI=1S/C22H20F3N3OS/c1-2-30-19-10-13(12-26)6-7-16(19)21(27)20-17(8-9-18(20)29)28-15-5-3-4-14(11-15)22(23,24)25/h3-7,10-11,20-21H,2,8-9,27H2,1H3. The molecule has 2 unspecified atom stereocenters. The van der Waals surface area contributed by atoms with Crippen molar-refractivity contribution in [3.63, 3.8) is 0 Å². The Hall–Kier alpha value is -2.63. The number of nitriles is 1. The predicted molar refractivity (Wildman–Crippen MR) is 111 cm³/mol. The zero-order chi connectivity index (χ0) is 21.9. The van der Waals surface area contributed by atoms with E-state index in [1.807, 2.05) is 6.92 Å². The number of halogens is 3. The molecule has 2 atom stereocenters. The van der Waals surface area contributed by atoms with Crippen molar-refractivity contribution in [3.8, 4) is 6.07 Å². The van der Waals surface area contributed by atoms with Crippen LogP contribution in [-0.2, 0) is 11.0 Å². The minimum Gasteiger partial charge on any atom is -0.323 e. The largest absolute Gasteiger partial charge is 0.416 e. The lowest BCUT2D eigenvalue weighted by Gasteiger charge is -2.22. The summed E-state index contributed by atoms with van der Waals surface area (Å²) in [5, 5.41) is 9.16. The summed E-state index contributed by atoms with van der Waals surface area (Å²) in [4.78, 5) is 17.8. The Kier molecular flexibility index (Phi) is 6.64. The molecule has 2 aromatic rings. The van der Waals surface area contributed by atoms with Crippen LogP contribution in [0.25, 0.3) is 0 Å². The molecule has 2 aromatic carbocycles. The Balaban J connectivity index is 1.98. The molecule has 0 aromatic heterocycles. The van der Waals surface area contributed by atoms with Crippen molar-refractivity contribution >= 4 is 28.9 Å². The van der Waals surface area contributed by atoms with E-state index in [1.165, 1.54) is 23.9 Å². The van der Waals surface area contributed by atoms with Crippen LogP contribution < -0.4 is 5.73 Å². The van der Waals surface area contributed by atoms with Crippen molar-refractivity contribution in [2.75, 3.05) is 5.75 Å². The number of carbonyl (C=O) groups excluding carboxylic acids is 1. The third-order valence-corrected chi connectivity index (χ3v) is 5.89. The SMILES string of the molecule is CCSc1cc(C#N)ccc1C(N)C1C(=O)CCC1=Nc1cccc(C(F)(F)F)c1. The summed E-state index contributed by atoms with van der Waals surface area (Å²) in [7, 11) is 0. The van der Waals surface area contributed by atoms with E-state index < -0.39 is 23.7 Å². The average molecular weight is 431 g/mol. The number of nitrogens with zero attached hydrogens (tertiary/aromatic N) is 2. The first-order chi connectivity index (χ1) is 14.2. The highest BCUT2D eigenvalue weighted by molar-refractivity contribution is 7.99. The molecule has 1 saturated carbocycles. The molecule has 156 valence electrons. The lowest BCUT2D eigenvalue weighted by atomic mass is 9.90. The topological polar surface area (TPSA) is 79.2 Å². The van der Waals surface area contributed by atoms with E-state index in [-0.39, 0.29) is 17.9 Å². The quantitative estimate of drug-likeness (QED) is 0.639. The van der Waals surface area contributed by atoms with Gasteiger partial charge in [0.1, 0.15) is 5.78 Å². The molecule has 1 aliphatic rings. The third kappa shape index (κ3) is 4.74. The second-order valence-electron chi connectivity index (χ2n) is 6.92. The fraction of sp³-hybridized carbons (Fsp3) is 0.318. The van der Waals surface area contributed by atoms with Crippen LogP contribution in [0.2, 0.25) is 0 Å². The number of alkyl halides is 3. The van der Waals surface area contributed by atoms with Crippen LogP contribution in [0.15, 0.2) is 52.4 Å². The second kappa shape index (κ2) is 9.02. The van der Waals surface area contributed by atoms with Gasteiger partial charge in [-0.15, -0.1) is 11.8 Å². The predicted octanol–water partition coefficient (Wildman–Crippen LogP) is 5.44. The maximum Gasteiger partial charge on any atom is 0.416 e. The molecule has 0 amide bonds. The van der Waals surface area contributed by atoms with Crippen LogP contribution in [-0.4, -0.2) is 17.2 Å². The van der Waals surface area contributed by atoms with E-state index >= 15 is 0 Å². The van der Waals surface area contributed by atoms with E-state index in [0.29, 0.717) is 17.7 Å². The van der Waals surface area contributed by atoms with Gasteiger partial charge in [-0.05, 0) is 48.1 Å². The first kappa shape index (κ1) is 22.1. The second-order valence-corrected chi connectivity index (χ2v) is 8.22. The summed E-state index contributed by atoms with van der Waals surface area (Å²) in [5.41, 5.74) is 7.56. The summed E-state index contributed by atoms with van der Waals surface area (Å²) in [6, 6.07) is 11.3. The van der Waals surface area contributed by atoms with Gasteiger partial charge in [0, 0.05) is 23.1 Å². The monoisotopic (exact) mass is 431 g/mol. The fourth-order valence-electron chi connectivity index (χ4n) is 3.54. The molecule has 1 fully saturated rings. The first-order valence-electron chi connectivity index (χ1n) is 9.44. The highest BCUT2D eigenvalue weighted by atomic mass is 32.2. The number of nitrogens with two attached hydrogens (primary N) is 1. The van der Waals surface area contributed by atoms with Crippen molar-refractivity contribution in [3.05, 3.63) is 59.2 Å². The number of ketones is 1. The van der Waals surface area contributed by atoms with Crippen LogP contribution in [0.3, 0.4) is 0 Å². The van der Waals surface area contributed by atoms with Crippen molar-refractivity contribution in [2.24, 2.45) is 16.6 Å². The van der Waals surface area contributed by atoms with Crippen LogP contribution in [0, 0.1) is 17.2 Å². The summed E-state index contributed by atoms with van der Waals surface area (Å²) in [5.74, 6) is -0.0213. The van der Waals surface area contributed by atoms with Crippen LogP contribution in [0.5, 0.6) is 0 Å². The lowest BCUT2D eigenvalue weighted by molar-refractivity contribution is -0.137. The normalized spacial score (nSPS) is 19.1. The Bertz CT molecular complexity index is 1030. The molecular formula is C22H20F3N3OS. The van der Waals surface area contributed by atoms with Gasteiger partial charge in [0.2, 0.25) is 0 Å². The summed E-state index contributed by atoms with van der Waals surface area (Å²) >= 11 is 1.52. The van der Waals surface area contributed by atoms with Gasteiger partial charge in [0.05, 0.1) is 28.8 Å². The minimum absolute atomic E-state index is 0.0787. The summed E-state index contributed by atoms with van der Waals surface area (Å²) in [6.45, 7) is 1.97. The highest BCUT2D eigenvalue weighted by Gasteiger charge is 2.37. The van der Waals surface area contributed by atoms with Crippen molar-refractivity contribution < 1.29 is 18.0 Å². The molecule has 0 spiro atoms. The molecule has 4 nitrogen and oxygen atoms in total. The molecule has 2 N–H and O–H groups in total. The van der Waals surface area contributed by atoms with E-state index in [2.05, 4.69) is 11.1 Å². The molecule has 0 saturated heterocycles. The van der Waals surface area contributed by atoms with Crippen molar-refractivity contribution in [2.45, 2.75) is 36.9 Å². The van der Waals surface area contributed by atoms with E-state index in [1.54, 1.807) is 18.2 Å². The smallest absolute Gasteiger partial charge is 0.323 e. The number of rotatable bonds is 5. The Labute approximate surface area is 177 Å². The molecular weight excluding hydrogens is 411 g/mol. The average Bonchev–Trinajstić information content (AvgIpc) is 3.07. The van der Waals surface area contributed by atoms with Gasteiger partial charge in [0.15, 0.2) is 0 Å². The molecule has 0 bridgehead atoms. The van der Waals surface area contributed by atoms with Gasteiger partial charge in [0.25, 0.3) is 0 Å². The van der Waals surface area contributed by atoms with Crippen molar-refractivity contribution in [1.29, 1.82) is 5.26 Å². The molecule has 3 rings (SSSR count). The fourth-order valence-corrected chi connectivity index (χ4v) is 4.43. The number of benzene rings is 2. The Morgan fingerprint density at radius 3 is 2.70 bits per heavy atom.